The number of ketones is 1. The lowest BCUT2D eigenvalue weighted by atomic mass is 9.88. The number of hydrogen-bond donors (Lipinski definition) is 1. The topological polar surface area (TPSA) is 62.3 Å². The summed E-state index contributed by atoms with van der Waals surface area (Å²) in [7, 11) is 1.80. The smallest absolute Gasteiger partial charge is 0.258 e. The van der Waals surface area contributed by atoms with E-state index in [1.165, 1.54) is 11.5 Å². The van der Waals surface area contributed by atoms with E-state index in [4.69, 9.17) is 0 Å². The van der Waals surface area contributed by atoms with E-state index in [1.807, 2.05) is 43.0 Å². The van der Waals surface area contributed by atoms with Crippen molar-refractivity contribution in [3.8, 4) is 0 Å². The lowest BCUT2D eigenvalue weighted by Gasteiger charge is -2.31. The van der Waals surface area contributed by atoms with E-state index in [-0.39, 0.29) is 17.6 Å². The normalized spacial score (nSPS) is 15.2. The first-order valence-corrected chi connectivity index (χ1v) is 9.32. The van der Waals surface area contributed by atoms with Crippen LogP contribution in [0.15, 0.2) is 24.3 Å². The van der Waals surface area contributed by atoms with Crippen molar-refractivity contribution in [1.29, 1.82) is 0 Å². The maximum absolute atomic E-state index is 12.8. The van der Waals surface area contributed by atoms with Gasteiger partial charge in [-0.15, -0.1) is 0 Å². The fourth-order valence-electron chi connectivity index (χ4n) is 3.25. The first kappa shape index (κ1) is 17.6. The van der Waals surface area contributed by atoms with Gasteiger partial charge in [0, 0.05) is 31.6 Å². The fourth-order valence-corrected chi connectivity index (χ4v) is 3.99. The van der Waals surface area contributed by atoms with Gasteiger partial charge < -0.3 is 10.2 Å². The summed E-state index contributed by atoms with van der Waals surface area (Å²) in [5.41, 5.74) is 3.34. The monoisotopic (exact) mass is 357 g/mol. The Balaban J connectivity index is 1.65. The van der Waals surface area contributed by atoms with Crippen LogP contribution in [0.1, 0.15) is 44.8 Å². The van der Waals surface area contributed by atoms with E-state index in [1.54, 1.807) is 7.05 Å². The van der Waals surface area contributed by atoms with Crippen molar-refractivity contribution < 1.29 is 9.59 Å². The predicted molar refractivity (Wildman–Crippen MR) is 101 cm³/mol. The van der Waals surface area contributed by atoms with E-state index in [0.717, 1.165) is 21.8 Å². The lowest BCUT2D eigenvalue weighted by molar-refractivity contribution is 0.0650. The van der Waals surface area contributed by atoms with E-state index < -0.39 is 0 Å². The van der Waals surface area contributed by atoms with Crippen molar-refractivity contribution in [1.82, 2.24) is 9.27 Å². The highest BCUT2D eigenvalue weighted by atomic mass is 32.1. The number of rotatable bonds is 4. The molecule has 0 spiro atoms. The number of hydrogen-bond acceptors (Lipinski definition) is 5. The highest BCUT2D eigenvalue weighted by Crippen LogP contribution is 2.28. The zero-order valence-electron chi connectivity index (χ0n) is 14.8. The summed E-state index contributed by atoms with van der Waals surface area (Å²) in [6.07, 6.45) is 1.42. The van der Waals surface area contributed by atoms with Gasteiger partial charge in [0.05, 0.1) is 11.3 Å². The molecule has 5 nitrogen and oxygen atoms in total. The summed E-state index contributed by atoms with van der Waals surface area (Å²) in [6.45, 7) is 5.09. The Morgan fingerprint density at radius 2 is 1.80 bits per heavy atom. The second kappa shape index (κ2) is 7.35. The summed E-state index contributed by atoms with van der Waals surface area (Å²) < 4.78 is 4.27. The van der Waals surface area contributed by atoms with Crippen LogP contribution in [0, 0.1) is 19.8 Å². The zero-order valence-corrected chi connectivity index (χ0v) is 15.7. The number of nitrogens with zero attached hydrogens (tertiary/aromatic N) is 2. The molecule has 132 valence electrons. The molecule has 0 saturated carbocycles. The molecule has 0 aliphatic carbocycles. The van der Waals surface area contributed by atoms with Crippen molar-refractivity contribution in [3.63, 3.8) is 0 Å². The molecular weight excluding hydrogens is 334 g/mol. The van der Waals surface area contributed by atoms with Crippen LogP contribution in [0.4, 0.5) is 5.00 Å². The average molecular weight is 357 g/mol. The SMILES string of the molecule is CNc1snc(C)c1C(=O)N1CCC(C(=O)c2ccc(C)cc2)CC1. The molecule has 1 aromatic carbocycles. The number of benzene rings is 1. The number of carbonyl (C=O) groups is 2. The third-order valence-electron chi connectivity index (χ3n) is 4.79. The summed E-state index contributed by atoms with van der Waals surface area (Å²) in [4.78, 5) is 27.3. The molecule has 0 unspecified atom stereocenters. The van der Waals surface area contributed by atoms with Crippen LogP contribution >= 0.6 is 11.5 Å². The Kier molecular flexibility index (Phi) is 5.18. The minimum Gasteiger partial charge on any atom is -0.378 e. The van der Waals surface area contributed by atoms with Crippen LogP contribution in [0.25, 0.3) is 0 Å². The number of nitrogens with one attached hydrogen (secondary N) is 1. The molecule has 1 saturated heterocycles. The quantitative estimate of drug-likeness (QED) is 0.850. The molecule has 0 radical (unpaired) electrons. The number of likely N-dealkylation sites (tertiary alicyclic amines) is 1. The highest BCUT2D eigenvalue weighted by molar-refractivity contribution is 7.10. The van der Waals surface area contributed by atoms with Gasteiger partial charge in [0.2, 0.25) is 0 Å². The molecule has 0 bridgehead atoms. The maximum atomic E-state index is 12.8. The number of aromatic nitrogens is 1. The zero-order chi connectivity index (χ0) is 18.0. The van der Waals surface area contributed by atoms with Crippen LogP contribution < -0.4 is 5.32 Å². The first-order valence-electron chi connectivity index (χ1n) is 8.55. The van der Waals surface area contributed by atoms with Crippen LogP contribution in [0.5, 0.6) is 0 Å². The van der Waals surface area contributed by atoms with Crippen LogP contribution in [-0.4, -0.2) is 41.1 Å². The summed E-state index contributed by atoms with van der Waals surface area (Å²) in [5.74, 6) is 0.199. The molecule has 3 rings (SSSR count). The maximum Gasteiger partial charge on any atom is 0.258 e. The minimum atomic E-state index is -0.00257. The fraction of sp³-hybridized carbons (Fsp3) is 0.421. The van der Waals surface area contributed by atoms with Gasteiger partial charge in [0.1, 0.15) is 5.00 Å². The second-order valence-electron chi connectivity index (χ2n) is 6.52. The summed E-state index contributed by atoms with van der Waals surface area (Å²) >= 11 is 1.31. The van der Waals surface area contributed by atoms with Crippen molar-refractivity contribution in [2.75, 3.05) is 25.5 Å². The van der Waals surface area contributed by atoms with Gasteiger partial charge >= 0.3 is 0 Å². The third-order valence-corrected chi connectivity index (χ3v) is 5.75. The molecule has 0 atom stereocenters. The Labute approximate surface area is 152 Å². The summed E-state index contributed by atoms with van der Waals surface area (Å²) in [6, 6.07) is 7.73. The highest BCUT2D eigenvalue weighted by Gasteiger charge is 2.30. The lowest BCUT2D eigenvalue weighted by Crippen LogP contribution is -2.40. The molecular formula is C19H23N3O2S. The predicted octanol–water partition coefficient (Wildman–Crippen LogP) is 3.54. The molecule has 25 heavy (non-hydrogen) atoms. The van der Waals surface area contributed by atoms with E-state index in [9.17, 15) is 9.59 Å². The van der Waals surface area contributed by atoms with Gasteiger partial charge in [-0.1, -0.05) is 29.8 Å². The molecule has 6 heteroatoms. The number of piperidine rings is 1. The van der Waals surface area contributed by atoms with Crippen molar-refractivity contribution in [3.05, 3.63) is 46.6 Å². The molecule has 2 heterocycles. The largest absolute Gasteiger partial charge is 0.378 e. The van der Waals surface area contributed by atoms with Crippen molar-refractivity contribution >= 4 is 28.2 Å². The first-order chi connectivity index (χ1) is 12.0. The van der Waals surface area contributed by atoms with Crippen LogP contribution in [-0.2, 0) is 0 Å². The Bertz CT molecular complexity index is 774. The van der Waals surface area contributed by atoms with Gasteiger partial charge in [-0.3, -0.25) is 9.59 Å². The third kappa shape index (κ3) is 3.58. The van der Waals surface area contributed by atoms with E-state index >= 15 is 0 Å². The number of aryl methyl sites for hydroxylation is 2. The second-order valence-corrected chi connectivity index (χ2v) is 7.29. The molecule has 1 aromatic heterocycles. The summed E-state index contributed by atoms with van der Waals surface area (Å²) in [5, 5.41) is 3.85. The Morgan fingerprint density at radius 1 is 1.16 bits per heavy atom. The standard InChI is InChI=1S/C19H23N3O2S/c1-12-4-6-14(7-5-12)17(23)15-8-10-22(11-9-15)19(24)16-13(2)21-25-18(16)20-3/h4-7,15,20H,8-11H2,1-3H3. The Hall–Kier alpha value is -2.21. The van der Waals surface area contributed by atoms with Gasteiger partial charge in [-0.05, 0) is 38.2 Å². The van der Waals surface area contributed by atoms with Gasteiger partial charge in [0.25, 0.3) is 5.91 Å². The van der Waals surface area contributed by atoms with Crippen molar-refractivity contribution in [2.45, 2.75) is 26.7 Å². The molecule has 1 aliphatic rings. The van der Waals surface area contributed by atoms with E-state index in [0.29, 0.717) is 31.5 Å². The van der Waals surface area contributed by atoms with Gasteiger partial charge in [-0.2, -0.15) is 4.37 Å². The minimum absolute atomic E-state index is 0.00257. The van der Waals surface area contributed by atoms with Crippen LogP contribution in [0.2, 0.25) is 0 Å². The molecule has 2 aromatic rings. The molecule has 1 aliphatic heterocycles. The number of anilines is 1. The van der Waals surface area contributed by atoms with Crippen LogP contribution in [0.3, 0.4) is 0 Å². The Morgan fingerprint density at radius 3 is 2.40 bits per heavy atom. The molecule has 1 N–H and O–H groups in total. The molecule has 1 fully saturated rings. The van der Waals surface area contributed by atoms with Gasteiger partial charge in [-0.25, -0.2) is 0 Å². The van der Waals surface area contributed by atoms with Gasteiger partial charge in [0.15, 0.2) is 5.78 Å². The van der Waals surface area contributed by atoms with Crippen molar-refractivity contribution in [2.24, 2.45) is 5.92 Å². The number of Topliss-reactive ketones (excluding diaryl/α,β-unsaturated/α-hetero) is 1. The number of carbonyl (C=O) groups excluding carboxylic acids is 2. The number of amides is 1. The average Bonchev–Trinajstić information content (AvgIpc) is 3.02. The molecule has 1 amide bonds. The van der Waals surface area contributed by atoms with E-state index in [2.05, 4.69) is 9.69 Å².